The molecule has 8 aromatic rings. The summed E-state index contributed by atoms with van der Waals surface area (Å²) in [6, 6.07) is 26.0. The number of pyridine rings is 1. The first kappa shape index (κ1) is 49.7. The highest BCUT2D eigenvalue weighted by Gasteiger charge is 2.35. The second-order valence-corrected chi connectivity index (χ2v) is 19.2. The van der Waals surface area contributed by atoms with E-state index in [1.54, 1.807) is 6.07 Å². The quantitative estimate of drug-likeness (QED) is 0.0281. The van der Waals surface area contributed by atoms with Crippen LogP contribution in [0, 0.1) is 0 Å². The fourth-order valence-corrected chi connectivity index (χ4v) is 9.85. The summed E-state index contributed by atoms with van der Waals surface area (Å²) >= 11 is -2.78. The molecule has 0 aliphatic heterocycles. The molecule has 0 radical (unpaired) electrons. The van der Waals surface area contributed by atoms with E-state index in [2.05, 4.69) is 36.2 Å². The maximum absolute atomic E-state index is 14.7. The van der Waals surface area contributed by atoms with Crippen molar-refractivity contribution < 1.29 is 68.3 Å². The van der Waals surface area contributed by atoms with Gasteiger partial charge in [0.1, 0.15) is 15.5 Å². The smallest absolute Gasteiger partial charge is 0.357 e. The summed E-state index contributed by atoms with van der Waals surface area (Å²) in [5, 5.41) is 30.5. The van der Waals surface area contributed by atoms with E-state index < -0.39 is 105 Å². The molecular formula is C47H32N8O16S3. The standard InChI is InChI=1S/C47H32N8O16S3/c1-55-33-18-17-30(37-38(33)36(24-11-2-3-12-25(24)41(37)57)39(42(55)58)40(56)22-9-8-10-23(19-22)71-72(63)64)48-31-20-32(35(74(68,69)70)21-34(31)73(65,66)67)51-47-53-45(49-28-15-6-4-13-26(28)43(59)60)52-46(54-47)50-29-16-7-5-14-27(29)44(61)62/h2-21,48H,1H3,(H,59,60)(H,61,62)(H,63,64)(H,65,66,67)(H,68,69,70)(H3,49,50,51,52,53,54). The number of ketones is 2. The number of aryl methyl sites for hydroxylation is 1. The van der Waals surface area contributed by atoms with Gasteiger partial charge in [-0.3, -0.25) is 28.0 Å². The first-order valence-corrected chi connectivity index (χ1v) is 24.9. The lowest BCUT2D eigenvalue weighted by atomic mass is 9.80. The number of fused-ring (bicyclic) bond motifs is 2. The number of carboxylic acids is 2. The first-order chi connectivity index (χ1) is 35.1. The Balaban J connectivity index is 1.23. The first-order valence-electron chi connectivity index (χ1n) is 21.0. The molecule has 27 heteroatoms. The summed E-state index contributed by atoms with van der Waals surface area (Å²) in [6.45, 7) is 0. The molecule has 0 bridgehead atoms. The van der Waals surface area contributed by atoms with E-state index in [-0.39, 0.29) is 72.7 Å². The molecule has 6 aromatic carbocycles. The molecule has 1 atom stereocenters. The van der Waals surface area contributed by atoms with Gasteiger partial charge in [-0.2, -0.15) is 36.0 Å². The lowest BCUT2D eigenvalue weighted by Gasteiger charge is -2.26. The number of aromatic carboxylic acids is 2. The molecular weight excluding hydrogens is 1030 g/mol. The molecule has 1 unspecified atom stereocenters. The number of nitrogens with zero attached hydrogens (tertiary/aromatic N) is 4. The summed E-state index contributed by atoms with van der Waals surface area (Å²) in [4.78, 5) is 78.1. The van der Waals surface area contributed by atoms with E-state index in [1.807, 2.05) is 0 Å². The van der Waals surface area contributed by atoms with Gasteiger partial charge in [-0.1, -0.05) is 60.7 Å². The van der Waals surface area contributed by atoms with Crippen LogP contribution in [-0.2, 0) is 38.6 Å². The van der Waals surface area contributed by atoms with Crippen LogP contribution in [0.25, 0.3) is 22.0 Å². The number of carbonyl (C=O) groups is 4. The van der Waals surface area contributed by atoms with Crippen LogP contribution in [0.1, 0.15) is 52.6 Å². The van der Waals surface area contributed by atoms with Crippen molar-refractivity contribution in [2.75, 3.05) is 21.3 Å². The molecule has 2 aromatic heterocycles. The molecule has 2 heterocycles. The Morgan fingerprint density at radius 2 is 1.11 bits per heavy atom. The molecule has 1 aliphatic carbocycles. The molecule has 74 heavy (non-hydrogen) atoms. The largest absolute Gasteiger partial charge is 0.478 e. The maximum Gasteiger partial charge on any atom is 0.357 e. The van der Waals surface area contributed by atoms with Crippen LogP contribution in [0.3, 0.4) is 0 Å². The number of anilines is 8. The minimum absolute atomic E-state index is 0.00788. The van der Waals surface area contributed by atoms with Crippen molar-refractivity contribution in [2.45, 2.75) is 9.79 Å². The molecule has 9 N–H and O–H groups in total. The maximum atomic E-state index is 14.7. The number of para-hydroxylation sites is 2. The van der Waals surface area contributed by atoms with Crippen LogP contribution in [-0.4, -0.2) is 87.9 Å². The average Bonchev–Trinajstić information content (AvgIpc) is 3.33. The fraction of sp³-hybridized carbons (Fsp3) is 0.0213. The van der Waals surface area contributed by atoms with E-state index in [1.165, 1.54) is 104 Å². The van der Waals surface area contributed by atoms with Crippen molar-refractivity contribution in [3.05, 3.63) is 165 Å². The molecule has 24 nitrogen and oxygen atoms in total. The van der Waals surface area contributed by atoms with Crippen molar-refractivity contribution in [2.24, 2.45) is 7.05 Å². The lowest BCUT2D eigenvalue weighted by Crippen LogP contribution is -2.29. The highest BCUT2D eigenvalue weighted by Crippen LogP contribution is 2.45. The van der Waals surface area contributed by atoms with E-state index in [0.29, 0.717) is 6.07 Å². The Morgan fingerprint density at radius 3 is 1.65 bits per heavy atom. The molecule has 0 amide bonds. The highest BCUT2D eigenvalue weighted by molar-refractivity contribution is 7.86. The number of hydrogen-bond donors (Lipinski definition) is 9. The van der Waals surface area contributed by atoms with Crippen molar-refractivity contribution in [3.63, 3.8) is 0 Å². The van der Waals surface area contributed by atoms with E-state index >= 15 is 0 Å². The Hall–Kier alpha value is -9.25. The Morgan fingerprint density at radius 1 is 0.595 bits per heavy atom. The monoisotopic (exact) mass is 1060 g/mol. The van der Waals surface area contributed by atoms with E-state index in [0.717, 1.165) is 16.7 Å². The summed E-state index contributed by atoms with van der Waals surface area (Å²) < 4.78 is 100. The third-order valence-electron chi connectivity index (χ3n) is 11.3. The summed E-state index contributed by atoms with van der Waals surface area (Å²) in [5.74, 6) is -5.95. The summed E-state index contributed by atoms with van der Waals surface area (Å²) in [6.07, 6.45) is 0. The van der Waals surface area contributed by atoms with Gasteiger partial charge >= 0.3 is 23.3 Å². The van der Waals surface area contributed by atoms with E-state index in [4.69, 9.17) is 4.18 Å². The van der Waals surface area contributed by atoms with E-state index in [9.17, 15) is 68.9 Å². The van der Waals surface area contributed by atoms with Gasteiger partial charge in [-0.25, -0.2) is 9.59 Å². The SMILES string of the molecule is Cn1c(=O)c(C(=O)c2cccc(OS(=O)O)c2)c2c3c(c(Nc4cc(Nc5nc(Nc6ccccc6C(=O)O)nc(Nc6ccccc6C(=O)O)n5)c(S(=O)(=O)O)cc4S(=O)(=O)O)ccc31)C(=O)c1ccccc1-2. The number of hydrogen-bond acceptors (Lipinski definition) is 18. The molecule has 374 valence electrons. The molecule has 0 saturated carbocycles. The summed E-state index contributed by atoms with van der Waals surface area (Å²) in [5.41, 5.74) is -3.60. The van der Waals surface area contributed by atoms with Gasteiger partial charge in [-0.05, 0) is 66.2 Å². The number of rotatable bonds is 16. The van der Waals surface area contributed by atoms with Gasteiger partial charge in [0.15, 0.2) is 11.6 Å². The average molecular weight is 1060 g/mol. The topological polar surface area (TPSA) is 373 Å². The van der Waals surface area contributed by atoms with Crippen LogP contribution < -0.4 is 31.0 Å². The zero-order valence-electron chi connectivity index (χ0n) is 37.3. The molecule has 0 saturated heterocycles. The Bertz CT molecular complexity index is 4020. The minimum Gasteiger partial charge on any atom is -0.478 e. The van der Waals surface area contributed by atoms with Gasteiger partial charge in [0, 0.05) is 29.1 Å². The Kier molecular flexibility index (Phi) is 12.8. The molecule has 0 fully saturated rings. The zero-order valence-corrected chi connectivity index (χ0v) is 39.7. The number of carboxylic acid groups (broad SMARTS) is 2. The molecule has 0 spiro atoms. The van der Waals surface area contributed by atoms with Gasteiger partial charge in [0.25, 0.3) is 25.8 Å². The van der Waals surface area contributed by atoms with Crippen LogP contribution in [0.15, 0.2) is 136 Å². The number of nitrogens with one attached hydrogen (secondary N) is 4. The lowest BCUT2D eigenvalue weighted by molar-refractivity contribution is 0.0687. The second-order valence-electron chi connectivity index (χ2n) is 15.8. The summed E-state index contributed by atoms with van der Waals surface area (Å²) in [7, 11) is -9.60. The minimum atomic E-state index is -5.46. The normalized spacial score (nSPS) is 12.4. The number of benzene rings is 6. The van der Waals surface area contributed by atoms with Gasteiger partial charge in [0.2, 0.25) is 17.8 Å². The third-order valence-corrected chi connectivity index (χ3v) is 13.4. The molecule has 9 rings (SSSR count). The van der Waals surface area contributed by atoms with Crippen LogP contribution in [0.5, 0.6) is 5.75 Å². The highest BCUT2D eigenvalue weighted by atomic mass is 32.2. The zero-order chi connectivity index (χ0) is 53.0. The van der Waals surface area contributed by atoms with Gasteiger partial charge < -0.3 is 40.2 Å². The van der Waals surface area contributed by atoms with Crippen molar-refractivity contribution in [1.29, 1.82) is 0 Å². The Labute approximate surface area is 418 Å². The van der Waals surface area contributed by atoms with Gasteiger partial charge in [-0.15, -0.1) is 0 Å². The fourth-order valence-electron chi connectivity index (χ4n) is 8.19. The van der Waals surface area contributed by atoms with Crippen molar-refractivity contribution in [1.82, 2.24) is 19.5 Å². The second kappa shape index (κ2) is 19.1. The van der Waals surface area contributed by atoms with Crippen molar-refractivity contribution >= 4 is 112 Å². The van der Waals surface area contributed by atoms with Crippen LogP contribution >= 0.6 is 0 Å². The predicted octanol–water partition coefficient (Wildman–Crippen LogP) is 6.55. The van der Waals surface area contributed by atoms with Crippen molar-refractivity contribution in [3.8, 4) is 16.9 Å². The van der Waals surface area contributed by atoms with Crippen LogP contribution in [0.4, 0.5) is 46.3 Å². The number of carbonyl (C=O) groups excluding carboxylic acids is 2. The van der Waals surface area contributed by atoms with Gasteiger partial charge in [0.05, 0.1) is 56.2 Å². The predicted molar refractivity (Wildman–Crippen MR) is 265 cm³/mol. The van der Waals surface area contributed by atoms with Crippen LogP contribution in [0.2, 0.25) is 0 Å². The third kappa shape index (κ3) is 9.49. The molecule has 1 aliphatic rings. The number of aromatic nitrogens is 4.